The van der Waals surface area contributed by atoms with Crippen LogP contribution in [0.4, 0.5) is 14.5 Å². The number of hydrogen-bond donors (Lipinski definition) is 1. The fourth-order valence-electron chi connectivity index (χ4n) is 1.72. The van der Waals surface area contributed by atoms with E-state index in [0.29, 0.717) is 5.56 Å². The molecule has 0 unspecified atom stereocenters. The summed E-state index contributed by atoms with van der Waals surface area (Å²) in [5.74, 6) is -1.05. The highest BCUT2D eigenvalue weighted by Crippen LogP contribution is 2.24. The second-order valence-corrected chi connectivity index (χ2v) is 5.31. The van der Waals surface area contributed by atoms with Gasteiger partial charge < -0.3 is 5.32 Å². The Morgan fingerprint density at radius 2 is 1.95 bits per heavy atom. The van der Waals surface area contributed by atoms with Crippen molar-refractivity contribution in [3.8, 4) is 0 Å². The van der Waals surface area contributed by atoms with Crippen molar-refractivity contribution in [3.05, 3.63) is 59.7 Å². The number of benzene rings is 2. The van der Waals surface area contributed by atoms with Crippen molar-refractivity contribution in [3.63, 3.8) is 0 Å². The largest absolute Gasteiger partial charge is 0.319 e. The monoisotopic (exact) mass is 293 g/mol. The van der Waals surface area contributed by atoms with Gasteiger partial charge in [-0.3, -0.25) is 4.79 Å². The lowest BCUT2D eigenvalue weighted by Gasteiger charge is -2.09. The van der Waals surface area contributed by atoms with Gasteiger partial charge in [-0.05, 0) is 30.0 Å². The number of hydrogen-bond acceptors (Lipinski definition) is 2. The average molecular weight is 293 g/mol. The quantitative estimate of drug-likeness (QED) is 0.850. The van der Waals surface area contributed by atoms with Gasteiger partial charge in [-0.25, -0.2) is 8.78 Å². The summed E-state index contributed by atoms with van der Waals surface area (Å²) >= 11 is 1.53. The molecule has 0 fully saturated rings. The molecule has 1 amide bonds. The molecule has 0 aliphatic rings. The van der Waals surface area contributed by atoms with E-state index in [1.54, 1.807) is 12.1 Å². The third kappa shape index (κ3) is 3.36. The van der Waals surface area contributed by atoms with E-state index in [9.17, 15) is 13.6 Å². The zero-order valence-electron chi connectivity index (χ0n) is 10.8. The predicted molar refractivity (Wildman–Crippen MR) is 77.2 cm³/mol. The fourth-order valence-corrected chi connectivity index (χ4v) is 2.52. The smallest absolute Gasteiger partial charge is 0.256 e. The number of rotatable bonds is 4. The second-order valence-electron chi connectivity index (χ2n) is 4.01. The molecule has 0 saturated carbocycles. The topological polar surface area (TPSA) is 29.1 Å². The molecule has 2 nitrogen and oxygen atoms in total. The molecule has 0 atom stereocenters. The van der Waals surface area contributed by atoms with Gasteiger partial charge in [0.25, 0.3) is 5.91 Å². The van der Waals surface area contributed by atoms with Crippen LogP contribution in [0.15, 0.2) is 47.4 Å². The molecule has 0 aromatic heterocycles. The molecular formula is C15H13F2NOS. The summed E-state index contributed by atoms with van der Waals surface area (Å²) in [5, 5.41) is 2.46. The summed E-state index contributed by atoms with van der Waals surface area (Å²) in [7, 11) is 0. The predicted octanol–water partition coefficient (Wildman–Crippen LogP) is 4.33. The van der Waals surface area contributed by atoms with Crippen molar-refractivity contribution in [2.75, 3.05) is 11.1 Å². The molecule has 0 aliphatic carbocycles. The van der Waals surface area contributed by atoms with Crippen LogP contribution in [0, 0.1) is 11.6 Å². The fraction of sp³-hybridized carbons (Fsp3) is 0.133. The van der Waals surface area contributed by atoms with Gasteiger partial charge in [0.2, 0.25) is 0 Å². The van der Waals surface area contributed by atoms with Gasteiger partial charge in [-0.2, -0.15) is 0 Å². The lowest BCUT2D eigenvalue weighted by Crippen LogP contribution is -2.14. The van der Waals surface area contributed by atoms with E-state index < -0.39 is 17.5 Å². The number of thioether (sulfide) groups is 1. The molecule has 2 aromatic rings. The molecule has 5 heteroatoms. The number of nitrogens with one attached hydrogen (secondary N) is 1. The van der Waals surface area contributed by atoms with E-state index in [-0.39, 0.29) is 5.69 Å². The molecule has 0 aliphatic heterocycles. The lowest BCUT2D eigenvalue weighted by atomic mass is 10.2. The maximum Gasteiger partial charge on any atom is 0.256 e. The minimum atomic E-state index is -0.793. The molecule has 1 N–H and O–H groups in total. The minimum Gasteiger partial charge on any atom is -0.319 e. The van der Waals surface area contributed by atoms with Crippen LogP contribution in [-0.2, 0) is 0 Å². The normalized spacial score (nSPS) is 10.3. The standard InChI is InChI=1S/C15H13F2NOS/c1-2-20-14-6-4-3-5-11(14)15(19)18-13-8-7-10(16)9-12(13)17/h3-9H,2H2,1H3,(H,18,19). The molecule has 104 valence electrons. The van der Waals surface area contributed by atoms with Gasteiger partial charge in [0.1, 0.15) is 11.6 Å². The van der Waals surface area contributed by atoms with Crippen LogP contribution in [0.3, 0.4) is 0 Å². The van der Waals surface area contributed by atoms with Crippen molar-refractivity contribution >= 4 is 23.4 Å². The summed E-state index contributed by atoms with van der Waals surface area (Å²) in [5.41, 5.74) is 0.441. The number of anilines is 1. The highest BCUT2D eigenvalue weighted by Gasteiger charge is 2.13. The molecule has 0 spiro atoms. The zero-order valence-corrected chi connectivity index (χ0v) is 11.6. The average Bonchev–Trinajstić information content (AvgIpc) is 2.43. The molecule has 0 bridgehead atoms. The first-order chi connectivity index (χ1) is 9.61. The van der Waals surface area contributed by atoms with Crippen LogP contribution in [0.25, 0.3) is 0 Å². The van der Waals surface area contributed by atoms with Crippen LogP contribution < -0.4 is 5.32 Å². The molecule has 2 aromatic carbocycles. The van der Waals surface area contributed by atoms with Crippen LogP contribution >= 0.6 is 11.8 Å². The number of carbonyl (C=O) groups excluding carboxylic acids is 1. The van der Waals surface area contributed by atoms with Crippen molar-refractivity contribution in [2.24, 2.45) is 0 Å². The summed E-state index contributed by atoms with van der Waals surface area (Å²) in [4.78, 5) is 13.0. The first-order valence-electron chi connectivity index (χ1n) is 6.10. The van der Waals surface area contributed by atoms with Gasteiger partial charge in [-0.15, -0.1) is 11.8 Å². The Labute approximate surface area is 120 Å². The first kappa shape index (κ1) is 14.5. The van der Waals surface area contributed by atoms with Crippen LogP contribution in [-0.4, -0.2) is 11.7 Å². The van der Waals surface area contributed by atoms with E-state index in [0.717, 1.165) is 22.8 Å². The van der Waals surface area contributed by atoms with Gasteiger partial charge in [0.05, 0.1) is 11.3 Å². The van der Waals surface area contributed by atoms with Crippen LogP contribution in [0.5, 0.6) is 0 Å². The Morgan fingerprint density at radius 3 is 2.65 bits per heavy atom. The molecule has 0 radical (unpaired) electrons. The summed E-state index contributed by atoms with van der Waals surface area (Å²) < 4.78 is 26.3. The molecule has 0 heterocycles. The van der Waals surface area contributed by atoms with E-state index in [2.05, 4.69) is 5.32 Å². The highest BCUT2D eigenvalue weighted by molar-refractivity contribution is 7.99. The summed E-state index contributed by atoms with van der Waals surface area (Å²) in [6, 6.07) is 10.1. The molecule has 2 rings (SSSR count). The maximum atomic E-state index is 13.5. The van der Waals surface area contributed by atoms with E-state index in [1.807, 2.05) is 19.1 Å². The minimum absolute atomic E-state index is 0.0345. The maximum absolute atomic E-state index is 13.5. The van der Waals surface area contributed by atoms with Crippen LogP contribution in [0.2, 0.25) is 0 Å². The van der Waals surface area contributed by atoms with Crippen molar-refractivity contribution in [2.45, 2.75) is 11.8 Å². The van der Waals surface area contributed by atoms with Gasteiger partial charge in [0, 0.05) is 11.0 Å². The van der Waals surface area contributed by atoms with Gasteiger partial charge in [0.15, 0.2) is 0 Å². The zero-order chi connectivity index (χ0) is 14.5. The van der Waals surface area contributed by atoms with Gasteiger partial charge in [-0.1, -0.05) is 19.1 Å². The Bertz CT molecular complexity index is 631. The second kappa shape index (κ2) is 6.52. The van der Waals surface area contributed by atoms with E-state index >= 15 is 0 Å². The Kier molecular flexibility index (Phi) is 4.74. The third-order valence-corrected chi connectivity index (χ3v) is 3.57. The first-order valence-corrected chi connectivity index (χ1v) is 7.08. The lowest BCUT2D eigenvalue weighted by molar-refractivity contribution is 0.102. The summed E-state index contributed by atoms with van der Waals surface area (Å²) in [6.07, 6.45) is 0. The van der Waals surface area contributed by atoms with Crippen LogP contribution in [0.1, 0.15) is 17.3 Å². The number of amides is 1. The third-order valence-electron chi connectivity index (χ3n) is 2.61. The Balaban J connectivity index is 2.24. The summed E-state index contributed by atoms with van der Waals surface area (Å²) in [6.45, 7) is 1.99. The van der Waals surface area contributed by atoms with E-state index in [4.69, 9.17) is 0 Å². The van der Waals surface area contributed by atoms with Crippen molar-refractivity contribution < 1.29 is 13.6 Å². The SMILES string of the molecule is CCSc1ccccc1C(=O)Nc1ccc(F)cc1F. The van der Waals surface area contributed by atoms with Crippen molar-refractivity contribution in [1.29, 1.82) is 0 Å². The molecule has 20 heavy (non-hydrogen) atoms. The van der Waals surface area contributed by atoms with E-state index in [1.165, 1.54) is 17.8 Å². The molecular weight excluding hydrogens is 280 g/mol. The highest BCUT2D eigenvalue weighted by atomic mass is 32.2. The Morgan fingerprint density at radius 1 is 1.20 bits per heavy atom. The number of carbonyl (C=O) groups is 1. The number of halogens is 2. The Hall–Kier alpha value is -1.88. The van der Waals surface area contributed by atoms with Crippen molar-refractivity contribution in [1.82, 2.24) is 0 Å². The molecule has 0 saturated heterocycles. The van der Waals surface area contributed by atoms with Gasteiger partial charge >= 0.3 is 0 Å².